The fraction of sp³-hybridized carbons (Fsp3) is 0.450. The number of halogens is 1. The second kappa shape index (κ2) is 6.49. The van der Waals surface area contributed by atoms with Gasteiger partial charge >= 0.3 is 0 Å². The van der Waals surface area contributed by atoms with Crippen molar-refractivity contribution in [1.82, 2.24) is 15.1 Å². The van der Waals surface area contributed by atoms with Crippen molar-refractivity contribution in [3.8, 4) is 5.69 Å². The lowest BCUT2D eigenvalue weighted by Crippen LogP contribution is -2.28. The molecule has 2 aromatic rings. The maximum Gasteiger partial charge on any atom is 0.0660 e. The van der Waals surface area contributed by atoms with Crippen LogP contribution in [0.2, 0.25) is 0 Å². The van der Waals surface area contributed by atoms with E-state index in [-0.39, 0.29) is 0 Å². The fourth-order valence-electron chi connectivity index (χ4n) is 3.76. The number of aromatic nitrogens is 2. The van der Waals surface area contributed by atoms with Gasteiger partial charge in [0.2, 0.25) is 0 Å². The van der Waals surface area contributed by atoms with Gasteiger partial charge in [0, 0.05) is 27.7 Å². The number of rotatable bonds is 5. The maximum atomic E-state index is 4.82. The summed E-state index contributed by atoms with van der Waals surface area (Å²) in [7, 11) is 0. The highest BCUT2D eigenvalue weighted by molar-refractivity contribution is 9.10. The monoisotopic (exact) mass is 385 g/mol. The molecule has 2 unspecified atom stereocenters. The molecule has 0 amide bonds. The molecule has 1 aromatic heterocycles. The van der Waals surface area contributed by atoms with Crippen LogP contribution in [-0.4, -0.2) is 22.4 Å². The van der Waals surface area contributed by atoms with Crippen LogP contribution in [0.5, 0.6) is 0 Å². The van der Waals surface area contributed by atoms with Crippen LogP contribution >= 0.6 is 15.9 Å². The Bertz CT molecular complexity index is 773. The highest BCUT2D eigenvalue weighted by Gasteiger charge is 2.28. The predicted molar refractivity (Wildman–Crippen MR) is 102 cm³/mol. The molecule has 1 aromatic carbocycles. The summed E-state index contributed by atoms with van der Waals surface area (Å²) in [5.41, 5.74) is 4.90. The van der Waals surface area contributed by atoms with Crippen LogP contribution in [0.15, 0.2) is 40.9 Å². The predicted octanol–water partition coefficient (Wildman–Crippen LogP) is 4.66. The van der Waals surface area contributed by atoms with E-state index in [2.05, 4.69) is 70.1 Å². The molecule has 126 valence electrons. The molecule has 4 rings (SSSR count). The molecule has 0 bridgehead atoms. The number of hydrogen-bond donors (Lipinski definition) is 1. The lowest BCUT2D eigenvalue weighted by atomic mass is 9.96. The van der Waals surface area contributed by atoms with Crippen molar-refractivity contribution in [2.24, 2.45) is 5.92 Å². The summed E-state index contributed by atoms with van der Waals surface area (Å²) in [6.45, 7) is 5.50. The molecule has 1 fully saturated rings. The van der Waals surface area contributed by atoms with Crippen molar-refractivity contribution in [3.05, 3.63) is 57.8 Å². The Morgan fingerprint density at radius 2 is 2.08 bits per heavy atom. The molecule has 3 nitrogen and oxygen atoms in total. The molecule has 24 heavy (non-hydrogen) atoms. The van der Waals surface area contributed by atoms with Crippen LogP contribution in [-0.2, 0) is 0 Å². The van der Waals surface area contributed by atoms with Crippen molar-refractivity contribution in [3.63, 3.8) is 0 Å². The summed E-state index contributed by atoms with van der Waals surface area (Å²) in [6.07, 6.45) is 8.68. The van der Waals surface area contributed by atoms with Crippen LogP contribution in [0, 0.1) is 19.8 Å². The summed E-state index contributed by atoms with van der Waals surface area (Å²) >= 11 is 3.56. The summed E-state index contributed by atoms with van der Waals surface area (Å²) in [4.78, 5) is 0. The van der Waals surface area contributed by atoms with Crippen LogP contribution in [0.25, 0.3) is 5.69 Å². The van der Waals surface area contributed by atoms with E-state index in [4.69, 9.17) is 5.10 Å². The first-order valence-electron chi connectivity index (χ1n) is 8.85. The van der Waals surface area contributed by atoms with Gasteiger partial charge in [0.1, 0.15) is 0 Å². The van der Waals surface area contributed by atoms with Crippen LogP contribution < -0.4 is 5.32 Å². The van der Waals surface area contributed by atoms with E-state index in [0.717, 1.165) is 28.2 Å². The number of allylic oxidation sites excluding steroid dienone is 1. The first-order valence-corrected chi connectivity index (χ1v) is 9.65. The molecule has 1 saturated carbocycles. The Kier molecular flexibility index (Phi) is 4.35. The fourth-order valence-corrected chi connectivity index (χ4v) is 4.14. The highest BCUT2D eigenvalue weighted by Crippen LogP contribution is 2.35. The zero-order valence-electron chi connectivity index (χ0n) is 14.3. The highest BCUT2D eigenvalue weighted by atomic mass is 79.9. The molecule has 2 aliphatic carbocycles. The van der Waals surface area contributed by atoms with Gasteiger partial charge in [0.15, 0.2) is 0 Å². The molecule has 2 aliphatic rings. The zero-order chi connectivity index (χ0) is 16.7. The van der Waals surface area contributed by atoms with Crippen molar-refractivity contribution in [2.75, 3.05) is 6.54 Å². The standard InChI is InChI=1S/C20H24BrN3/c1-13-20(16-8-9-18(10-16)22-12-15-6-7-15)14(2)24(23-13)19-5-3-4-17(21)11-19/h3-5,8-9,11,15-16,18,22H,6-7,10,12H2,1-2H3. The van der Waals surface area contributed by atoms with Gasteiger partial charge in [0.05, 0.1) is 11.4 Å². The zero-order valence-corrected chi connectivity index (χ0v) is 15.9. The molecule has 1 heterocycles. The van der Waals surface area contributed by atoms with E-state index >= 15 is 0 Å². The number of nitrogens with one attached hydrogen (secondary N) is 1. The van der Waals surface area contributed by atoms with E-state index in [9.17, 15) is 0 Å². The molecule has 1 N–H and O–H groups in total. The summed E-state index contributed by atoms with van der Waals surface area (Å²) in [5.74, 6) is 1.41. The first-order chi connectivity index (χ1) is 11.6. The van der Waals surface area contributed by atoms with Crippen LogP contribution in [0.3, 0.4) is 0 Å². The largest absolute Gasteiger partial charge is 0.310 e. The van der Waals surface area contributed by atoms with Gasteiger partial charge in [-0.15, -0.1) is 0 Å². The van der Waals surface area contributed by atoms with Crippen molar-refractivity contribution < 1.29 is 0 Å². The second-order valence-electron chi connectivity index (χ2n) is 7.16. The first kappa shape index (κ1) is 16.1. The van der Waals surface area contributed by atoms with Crippen molar-refractivity contribution in [1.29, 1.82) is 0 Å². The van der Waals surface area contributed by atoms with Gasteiger partial charge < -0.3 is 5.32 Å². The Morgan fingerprint density at radius 1 is 1.25 bits per heavy atom. The Hall–Kier alpha value is -1.39. The lowest BCUT2D eigenvalue weighted by molar-refractivity contribution is 0.539. The summed E-state index contributed by atoms with van der Waals surface area (Å²) < 4.78 is 3.16. The molecular formula is C20H24BrN3. The third kappa shape index (κ3) is 3.22. The molecular weight excluding hydrogens is 362 g/mol. The van der Waals surface area contributed by atoms with E-state index in [1.54, 1.807) is 0 Å². The Balaban J connectivity index is 1.55. The lowest BCUT2D eigenvalue weighted by Gasteiger charge is -2.14. The third-order valence-electron chi connectivity index (χ3n) is 5.22. The van der Waals surface area contributed by atoms with Gasteiger partial charge in [-0.3, -0.25) is 0 Å². The normalized spacial score (nSPS) is 23.1. The van der Waals surface area contributed by atoms with Gasteiger partial charge in [-0.2, -0.15) is 5.10 Å². The maximum absolute atomic E-state index is 4.82. The number of aryl methyl sites for hydroxylation is 1. The molecule has 4 heteroatoms. The molecule has 0 radical (unpaired) electrons. The smallest absolute Gasteiger partial charge is 0.0660 e. The molecule has 0 aliphatic heterocycles. The van der Waals surface area contributed by atoms with Gasteiger partial charge in [-0.1, -0.05) is 34.1 Å². The van der Waals surface area contributed by atoms with E-state index < -0.39 is 0 Å². The Labute approximate surface area is 152 Å². The number of hydrogen-bond acceptors (Lipinski definition) is 2. The van der Waals surface area contributed by atoms with Gasteiger partial charge in [-0.05, 0) is 63.8 Å². The van der Waals surface area contributed by atoms with Gasteiger partial charge in [0.25, 0.3) is 0 Å². The average molecular weight is 386 g/mol. The topological polar surface area (TPSA) is 29.9 Å². The van der Waals surface area contributed by atoms with Gasteiger partial charge in [-0.25, -0.2) is 4.68 Å². The minimum atomic E-state index is 0.475. The van der Waals surface area contributed by atoms with Crippen molar-refractivity contribution in [2.45, 2.75) is 45.1 Å². The van der Waals surface area contributed by atoms with E-state index in [0.29, 0.717) is 12.0 Å². The van der Waals surface area contributed by atoms with Crippen LogP contribution in [0.1, 0.15) is 42.1 Å². The molecule has 0 spiro atoms. The van der Waals surface area contributed by atoms with Crippen molar-refractivity contribution >= 4 is 15.9 Å². The quantitative estimate of drug-likeness (QED) is 0.758. The molecule has 2 atom stereocenters. The van der Waals surface area contributed by atoms with Crippen LogP contribution in [0.4, 0.5) is 0 Å². The average Bonchev–Trinajstić information content (AvgIpc) is 3.20. The minimum absolute atomic E-state index is 0.475. The third-order valence-corrected chi connectivity index (χ3v) is 5.71. The number of benzene rings is 1. The van der Waals surface area contributed by atoms with E-state index in [1.807, 2.05) is 6.07 Å². The summed E-state index contributed by atoms with van der Waals surface area (Å²) in [6, 6.07) is 8.85. The second-order valence-corrected chi connectivity index (χ2v) is 8.08. The van der Waals surface area contributed by atoms with E-state index in [1.165, 1.54) is 30.6 Å². The number of nitrogens with zero attached hydrogens (tertiary/aromatic N) is 2. The molecule has 0 saturated heterocycles. The SMILES string of the molecule is Cc1nn(-c2cccc(Br)c2)c(C)c1C1C=CC(NCC2CC2)C1. The Morgan fingerprint density at radius 3 is 2.83 bits per heavy atom. The minimum Gasteiger partial charge on any atom is -0.310 e. The summed E-state index contributed by atoms with van der Waals surface area (Å²) in [5, 5.41) is 8.52.